The molecular weight excluding hydrogens is 420 g/mol. The van der Waals surface area contributed by atoms with Crippen LogP contribution in [0.5, 0.6) is 6.01 Å². The minimum absolute atomic E-state index is 0.0732. The molecule has 31 heavy (non-hydrogen) atoms. The van der Waals surface area contributed by atoms with Crippen LogP contribution in [0.15, 0.2) is 42.7 Å². The van der Waals surface area contributed by atoms with Crippen molar-refractivity contribution in [2.45, 2.75) is 58.5 Å². The molecule has 0 amide bonds. The summed E-state index contributed by atoms with van der Waals surface area (Å²) in [5.74, 6) is 0. The van der Waals surface area contributed by atoms with Gasteiger partial charge in [-0.2, -0.15) is 4.98 Å². The van der Waals surface area contributed by atoms with E-state index in [-0.39, 0.29) is 23.2 Å². The van der Waals surface area contributed by atoms with Gasteiger partial charge in [0.2, 0.25) is 0 Å². The number of rotatable bonds is 8. The average molecular weight is 448 g/mol. The van der Waals surface area contributed by atoms with Gasteiger partial charge in [-0.25, -0.2) is 18.4 Å². The van der Waals surface area contributed by atoms with Crippen LogP contribution < -0.4 is 4.74 Å². The summed E-state index contributed by atoms with van der Waals surface area (Å²) >= 11 is 0. The highest BCUT2D eigenvalue weighted by atomic mass is 28.4. The van der Waals surface area contributed by atoms with Crippen LogP contribution in [-0.2, 0) is 17.6 Å². The predicted octanol–water partition coefficient (Wildman–Crippen LogP) is 5.10. The highest BCUT2D eigenvalue weighted by Gasteiger charge is 2.37. The monoisotopic (exact) mass is 447 g/mol. The standard InChI is InChI=1S/C21H27F2N5O2Si/c1-21(2,3)31(4,5)30-14-16-9-10-24-20(25-16)29-13-17-12-28(27-26-17)18-8-6-7-15(11-18)19(22)23/h6-12,19H,13-14H2,1-5H3. The van der Waals surface area contributed by atoms with E-state index in [0.29, 0.717) is 18.0 Å². The molecule has 3 aromatic rings. The topological polar surface area (TPSA) is 75.0 Å². The summed E-state index contributed by atoms with van der Waals surface area (Å²) < 4.78 is 39.1. The van der Waals surface area contributed by atoms with Crippen molar-refractivity contribution in [2.24, 2.45) is 0 Å². The maximum Gasteiger partial charge on any atom is 0.317 e. The molecule has 1 aromatic carbocycles. The molecule has 2 aromatic heterocycles. The Labute approximate surface area is 181 Å². The Hall–Kier alpha value is -2.72. The first-order valence-corrected chi connectivity index (χ1v) is 12.8. The van der Waals surface area contributed by atoms with Crippen molar-refractivity contribution < 1.29 is 17.9 Å². The van der Waals surface area contributed by atoms with E-state index in [1.54, 1.807) is 30.6 Å². The largest absolute Gasteiger partial charge is 0.457 e. The average Bonchev–Trinajstić information content (AvgIpc) is 3.19. The fraction of sp³-hybridized carbons (Fsp3) is 0.429. The molecule has 3 rings (SSSR count). The minimum atomic E-state index is -2.55. The molecule has 0 saturated heterocycles. The van der Waals surface area contributed by atoms with Crippen LogP contribution in [0.1, 0.15) is 44.1 Å². The van der Waals surface area contributed by atoms with E-state index < -0.39 is 14.7 Å². The summed E-state index contributed by atoms with van der Waals surface area (Å²) in [5, 5.41) is 8.12. The van der Waals surface area contributed by atoms with Gasteiger partial charge in [-0.3, -0.25) is 0 Å². The lowest BCUT2D eigenvalue weighted by atomic mass is 10.2. The zero-order chi connectivity index (χ0) is 22.6. The van der Waals surface area contributed by atoms with Crippen molar-refractivity contribution >= 4 is 8.32 Å². The smallest absolute Gasteiger partial charge is 0.317 e. The lowest BCUT2D eigenvalue weighted by Gasteiger charge is -2.36. The molecular formula is C21H27F2N5O2Si. The summed E-state index contributed by atoms with van der Waals surface area (Å²) in [7, 11) is -1.89. The molecule has 2 heterocycles. The molecule has 0 fully saturated rings. The molecule has 166 valence electrons. The van der Waals surface area contributed by atoms with Crippen molar-refractivity contribution in [3.63, 3.8) is 0 Å². The summed E-state index contributed by atoms with van der Waals surface area (Å²) in [6, 6.07) is 7.99. The minimum Gasteiger partial charge on any atom is -0.457 e. The molecule has 0 aliphatic carbocycles. The van der Waals surface area contributed by atoms with Gasteiger partial charge in [0.05, 0.1) is 24.2 Å². The van der Waals surface area contributed by atoms with E-state index in [4.69, 9.17) is 9.16 Å². The quantitative estimate of drug-likeness (QED) is 0.448. The Morgan fingerprint density at radius 3 is 2.58 bits per heavy atom. The number of nitrogens with zero attached hydrogens (tertiary/aromatic N) is 5. The second-order valence-electron chi connectivity index (χ2n) is 8.72. The zero-order valence-corrected chi connectivity index (χ0v) is 19.3. The predicted molar refractivity (Wildman–Crippen MR) is 115 cm³/mol. The molecule has 0 spiro atoms. The van der Waals surface area contributed by atoms with Gasteiger partial charge in [-0.05, 0) is 36.3 Å². The Kier molecular flexibility index (Phi) is 6.80. The van der Waals surface area contributed by atoms with E-state index in [9.17, 15) is 8.78 Å². The number of hydrogen-bond donors (Lipinski definition) is 0. The third kappa shape index (κ3) is 5.92. The maximum atomic E-state index is 12.9. The summed E-state index contributed by atoms with van der Waals surface area (Å²) in [5.41, 5.74) is 1.68. The molecule has 7 nitrogen and oxygen atoms in total. The highest BCUT2D eigenvalue weighted by molar-refractivity contribution is 6.74. The lowest BCUT2D eigenvalue weighted by Crippen LogP contribution is -2.40. The van der Waals surface area contributed by atoms with Crippen molar-refractivity contribution in [2.75, 3.05) is 0 Å². The number of aromatic nitrogens is 5. The van der Waals surface area contributed by atoms with E-state index in [1.807, 2.05) is 0 Å². The maximum absolute atomic E-state index is 12.9. The van der Waals surface area contributed by atoms with Crippen LogP contribution in [0.25, 0.3) is 5.69 Å². The first kappa shape index (κ1) is 23.0. The van der Waals surface area contributed by atoms with Crippen LogP contribution in [0.2, 0.25) is 18.1 Å². The highest BCUT2D eigenvalue weighted by Crippen LogP contribution is 2.37. The molecule has 0 unspecified atom stereocenters. The summed E-state index contributed by atoms with van der Waals surface area (Å²) in [4.78, 5) is 8.52. The van der Waals surface area contributed by atoms with E-state index in [1.165, 1.54) is 16.8 Å². The fourth-order valence-corrected chi connectivity index (χ4v) is 3.37. The van der Waals surface area contributed by atoms with Gasteiger partial charge in [-0.1, -0.05) is 38.1 Å². The molecule has 0 saturated carbocycles. The van der Waals surface area contributed by atoms with E-state index in [0.717, 1.165) is 5.69 Å². The van der Waals surface area contributed by atoms with Crippen molar-refractivity contribution in [1.29, 1.82) is 0 Å². The second-order valence-corrected chi connectivity index (χ2v) is 13.5. The fourth-order valence-electron chi connectivity index (χ4n) is 2.43. The Morgan fingerprint density at radius 1 is 1.10 bits per heavy atom. The number of halogens is 2. The van der Waals surface area contributed by atoms with Crippen molar-refractivity contribution in [3.05, 3.63) is 59.7 Å². The third-order valence-electron chi connectivity index (χ3n) is 5.35. The number of benzene rings is 1. The lowest BCUT2D eigenvalue weighted by molar-refractivity contribution is 0.151. The molecule has 0 aliphatic rings. The number of ether oxygens (including phenoxy) is 1. The SMILES string of the molecule is CC(C)(C)[Si](C)(C)OCc1ccnc(OCc2cn(-c3cccc(C(F)F)c3)nn2)n1. The van der Waals surface area contributed by atoms with Crippen LogP contribution >= 0.6 is 0 Å². The number of alkyl halides is 2. The normalized spacial score (nSPS) is 12.4. The Bertz CT molecular complexity index is 1020. The molecule has 0 bridgehead atoms. The first-order chi connectivity index (χ1) is 14.5. The van der Waals surface area contributed by atoms with Crippen LogP contribution in [0.3, 0.4) is 0 Å². The van der Waals surface area contributed by atoms with Gasteiger partial charge in [0.15, 0.2) is 8.32 Å². The first-order valence-electron chi connectivity index (χ1n) is 9.93. The van der Waals surface area contributed by atoms with Crippen LogP contribution in [-0.4, -0.2) is 33.3 Å². The molecule has 0 aliphatic heterocycles. The van der Waals surface area contributed by atoms with Crippen molar-refractivity contribution in [3.8, 4) is 11.7 Å². The van der Waals surface area contributed by atoms with Crippen molar-refractivity contribution in [1.82, 2.24) is 25.0 Å². The molecule has 10 heteroatoms. The molecule has 0 radical (unpaired) electrons. The van der Waals surface area contributed by atoms with Crippen LogP contribution in [0, 0.1) is 0 Å². The summed E-state index contributed by atoms with van der Waals surface area (Å²) in [6.07, 6.45) is 0.699. The number of hydrogen-bond acceptors (Lipinski definition) is 6. The third-order valence-corrected chi connectivity index (χ3v) is 9.83. The zero-order valence-electron chi connectivity index (χ0n) is 18.3. The van der Waals surface area contributed by atoms with E-state index >= 15 is 0 Å². The van der Waals surface area contributed by atoms with Gasteiger partial charge < -0.3 is 9.16 Å². The van der Waals surface area contributed by atoms with Crippen LogP contribution in [0.4, 0.5) is 8.78 Å². The second kappa shape index (κ2) is 9.19. The molecule has 0 atom stereocenters. The molecule has 0 N–H and O–H groups in total. The van der Waals surface area contributed by atoms with Gasteiger partial charge in [0, 0.05) is 11.8 Å². The Morgan fingerprint density at radius 2 is 1.87 bits per heavy atom. The van der Waals surface area contributed by atoms with Gasteiger partial charge >= 0.3 is 6.01 Å². The Balaban J connectivity index is 1.61. The van der Waals surface area contributed by atoms with E-state index in [2.05, 4.69) is 54.1 Å². The summed E-state index contributed by atoms with van der Waals surface area (Å²) in [6.45, 7) is 11.4. The van der Waals surface area contributed by atoms with Gasteiger partial charge in [0.1, 0.15) is 12.3 Å². The van der Waals surface area contributed by atoms with Gasteiger partial charge in [0.25, 0.3) is 6.43 Å². The van der Waals surface area contributed by atoms with Gasteiger partial charge in [-0.15, -0.1) is 5.10 Å².